The van der Waals surface area contributed by atoms with Gasteiger partial charge in [0.2, 0.25) is 10.0 Å². The molecule has 1 atom stereocenters. The molecule has 0 unspecified atom stereocenters. The van der Waals surface area contributed by atoms with Crippen LogP contribution >= 0.6 is 15.9 Å². The third kappa shape index (κ3) is 2.41. The Balaban J connectivity index is 2.32. The van der Waals surface area contributed by atoms with Gasteiger partial charge in [0.15, 0.2) is 0 Å². The van der Waals surface area contributed by atoms with Crippen LogP contribution in [-0.2, 0) is 22.9 Å². The van der Waals surface area contributed by atoms with Crippen molar-refractivity contribution in [3.8, 4) is 0 Å². The van der Waals surface area contributed by atoms with E-state index in [0.717, 1.165) is 16.5 Å². The third-order valence-electron chi connectivity index (χ3n) is 2.82. The lowest BCUT2D eigenvalue weighted by atomic mass is 9.91. The predicted molar refractivity (Wildman–Crippen MR) is 63.1 cm³/mol. The van der Waals surface area contributed by atoms with Gasteiger partial charge in [-0.1, -0.05) is 22.0 Å². The Morgan fingerprint density at radius 3 is 2.73 bits per heavy atom. The molecule has 0 amide bonds. The molecule has 0 aromatic heterocycles. The molecule has 0 saturated heterocycles. The molecule has 1 aliphatic rings. The lowest BCUT2D eigenvalue weighted by Gasteiger charge is -2.22. The summed E-state index contributed by atoms with van der Waals surface area (Å²) in [5, 5.41) is 4.75. The van der Waals surface area contributed by atoms with Gasteiger partial charge in [-0.3, -0.25) is 0 Å². The van der Waals surface area contributed by atoms with Crippen LogP contribution in [-0.4, -0.2) is 13.7 Å². The summed E-state index contributed by atoms with van der Waals surface area (Å²) in [7, 11) is -3.39. The topological polar surface area (TPSA) is 60.2 Å². The van der Waals surface area contributed by atoms with Crippen molar-refractivity contribution in [1.82, 2.24) is 0 Å². The predicted octanol–water partition coefficient (Wildman–Crippen LogP) is 1.59. The number of primary sulfonamides is 1. The van der Waals surface area contributed by atoms with Crippen LogP contribution in [0.15, 0.2) is 22.7 Å². The fourth-order valence-corrected chi connectivity index (χ4v) is 3.24. The van der Waals surface area contributed by atoms with E-state index in [2.05, 4.69) is 22.0 Å². The Bertz CT molecular complexity index is 484. The van der Waals surface area contributed by atoms with E-state index < -0.39 is 15.3 Å². The molecule has 1 aromatic rings. The highest BCUT2D eigenvalue weighted by Gasteiger charge is 2.26. The van der Waals surface area contributed by atoms with Crippen molar-refractivity contribution in [2.75, 3.05) is 0 Å². The van der Waals surface area contributed by atoms with E-state index in [-0.39, 0.29) is 0 Å². The number of aryl methyl sites for hydroxylation is 1. The van der Waals surface area contributed by atoms with Crippen molar-refractivity contribution in [2.24, 2.45) is 5.14 Å². The summed E-state index contributed by atoms with van der Waals surface area (Å²) >= 11 is 3.40. The SMILES string of the molecule is NS(=O)(=O)[C@H]1CCc2cc(Br)ccc2C1. The van der Waals surface area contributed by atoms with E-state index >= 15 is 0 Å². The van der Waals surface area contributed by atoms with Crippen LogP contribution in [0.2, 0.25) is 0 Å². The highest BCUT2D eigenvalue weighted by molar-refractivity contribution is 9.10. The Labute approximate surface area is 97.9 Å². The minimum absolute atomic E-state index is 0.411. The van der Waals surface area contributed by atoms with Gasteiger partial charge in [-0.25, -0.2) is 13.6 Å². The highest BCUT2D eigenvalue weighted by atomic mass is 79.9. The second-order valence-electron chi connectivity index (χ2n) is 3.87. The third-order valence-corrected chi connectivity index (χ3v) is 4.64. The van der Waals surface area contributed by atoms with E-state index in [1.807, 2.05) is 12.1 Å². The molecule has 0 spiro atoms. The number of hydrogen-bond acceptors (Lipinski definition) is 2. The number of rotatable bonds is 1. The molecule has 3 nitrogen and oxygen atoms in total. The smallest absolute Gasteiger partial charge is 0.212 e. The average molecular weight is 290 g/mol. The van der Waals surface area contributed by atoms with Crippen LogP contribution in [0.4, 0.5) is 0 Å². The quantitative estimate of drug-likeness (QED) is 0.854. The number of fused-ring (bicyclic) bond motifs is 1. The molecule has 15 heavy (non-hydrogen) atoms. The molecular formula is C10H12BrNO2S. The average Bonchev–Trinajstić information content (AvgIpc) is 2.15. The van der Waals surface area contributed by atoms with Crippen LogP contribution < -0.4 is 5.14 Å². The number of hydrogen-bond donors (Lipinski definition) is 1. The first-order valence-electron chi connectivity index (χ1n) is 4.76. The van der Waals surface area contributed by atoms with E-state index in [0.29, 0.717) is 12.8 Å². The van der Waals surface area contributed by atoms with Crippen LogP contribution in [0, 0.1) is 0 Å². The van der Waals surface area contributed by atoms with E-state index in [9.17, 15) is 8.42 Å². The first-order valence-corrected chi connectivity index (χ1v) is 7.16. The molecule has 0 heterocycles. The summed E-state index contributed by atoms with van der Waals surface area (Å²) in [6, 6.07) is 5.95. The van der Waals surface area contributed by atoms with Crippen LogP contribution in [0.25, 0.3) is 0 Å². The maximum atomic E-state index is 11.2. The first kappa shape index (κ1) is 11.1. The summed E-state index contributed by atoms with van der Waals surface area (Å²) in [4.78, 5) is 0. The lowest BCUT2D eigenvalue weighted by Crippen LogP contribution is -2.33. The van der Waals surface area contributed by atoms with Gasteiger partial charge in [0.05, 0.1) is 5.25 Å². The maximum absolute atomic E-state index is 11.2. The fraction of sp³-hybridized carbons (Fsp3) is 0.400. The van der Waals surface area contributed by atoms with Gasteiger partial charge in [0, 0.05) is 4.47 Å². The second-order valence-corrected chi connectivity index (χ2v) is 6.63. The Morgan fingerprint density at radius 2 is 2.07 bits per heavy atom. The first-order chi connectivity index (χ1) is 6.97. The summed E-state index contributed by atoms with van der Waals surface area (Å²) in [5.41, 5.74) is 2.33. The largest absolute Gasteiger partial charge is 0.228 e. The van der Waals surface area contributed by atoms with Crippen molar-refractivity contribution in [3.63, 3.8) is 0 Å². The number of sulfonamides is 1. The van der Waals surface area contributed by atoms with Crippen molar-refractivity contribution >= 4 is 26.0 Å². The Kier molecular flexibility index (Phi) is 2.87. The van der Waals surface area contributed by atoms with Crippen LogP contribution in [0.1, 0.15) is 17.5 Å². The molecule has 5 heteroatoms. The molecular weight excluding hydrogens is 278 g/mol. The molecule has 1 aromatic carbocycles. The van der Waals surface area contributed by atoms with Gasteiger partial charge in [0.25, 0.3) is 0 Å². The molecule has 0 fully saturated rings. The van der Waals surface area contributed by atoms with Crippen molar-refractivity contribution < 1.29 is 8.42 Å². The van der Waals surface area contributed by atoms with Crippen molar-refractivity contribution in [2.45, 2.75) is 24.5 Å². The Hall–Kier alpha value is -0.390. The second kappa shape index (κ2) is 3.88. The number of benzene rings is 1. The van der Waals surface area contributed by atoms with Gasteiger partial charge in [-0.05, 0) is 42.5 Å². The molecule has 82 valence electrons. The molecule has 0 radical (unpaired) electrons. The maximum Gasteiger partial charge on any atom is 0.212 e. The summed E-state index contributed by atoms with van der Waals surface area (Å²) in [5.74, 6) is 0. The van der Waals surface area contributed by atoms with Crippen LogP contribution in [0.5, 0.6) is 0 Å². The molecule has 0 aliphatic heterocycles. The van der Waals surface area contributed by atoms with Gasteiger partial charge in [-0.2, -0.15) is 0 Å². The molecule has 2 N–H and O–H groups in total. The molecule has 1 aliphatic carbocycles. The van der Waals surface area contributed by atoms with E-state index in [1.54, 1.807) is 0 Å². The number of halogens is 1. The van der Waals surface area contributed by atoms with Crippen molar-refractivity contribution in [3.05, 3.63) is 33.8 Å². The highest BCUT2D eigenvalue weighted by Crippen LogP contribution is 2.26. The van der Waals surface area contributed by atoms with Gasteiger partial charge < -0.3 is 0 Å². The van der Waals surface area contributed by atoms with Crippen molar-refractivity contribution in [1.29, 1.82) is 0 Å². The van der Waals surface area contributed by atoms with Gasteiger partial charge >= 0.3 is 0 Å². The monoisotopic (exact) mass is 289 g/mol. The Morgan fingerprint density at radius 1 is 1.33 bits per heavy atom. The summed E-state index contributed by atoms with van der Waals surface area (Å²) in [6.07, 6.45) is 1.96. The standard InChI is InChI=1S/C10H12BrNO2S/c11-9-3-1-8-6-10(15(12,13)14)4-2-7(8)5-9/h1,3,5,10H,2,4,6H2,(H2,12,13,14)/t10-/m0/s1. The molecule has 2 rings (SSSR count). The zero-order valence-electron chi connectivity index (χ0n) is 8.11. The molecule has 0 saturated carbocycles. The van der Waals surface area contributed by atoms with E-state index in [4.69, 9.17) is 5.14 Å². The lowest BCUT2D eigenvalue weighted by molar-refractivity contribution is 0.563. The molecule has 0 bridgehead atoms. The minimum atomic E-state index is -3.39. The fourth-order valence-electron chi connectivity index (χ4n) is 1.97. The summed E-state index contributed by atoms with van der Waals surface area (Å²) in [6.45, 7) is 0. The van der Waals surface area contributed by atoms with Crippen LogP contribution in [0.3, 0.4) is 0 Å². The number of nitrogens with two attached hydrogens (primary N) is 1. The minimum Gasteiger partial charge on any atom is -0.228 e. The summed E-state index contributed by atoms with van der Waals surface area (Å²) < 4.78 is 23.5. The zero-order valence-corrected chi connectivity index (χ0v) is 10.5. The van der Waals surface area contributed by atoms with Gasteiger partial charge in [-0.15, -0.1) is 0 Å². The zero-order chi connectivity index (χ0) is 11.1. The van der Waals surface area contributed by atoms with Gasteiger partial charge in [0.1, 0.15) is 0 Å². The normalized spacial score (nSPS) is 21.1. The van der Waals surface area contributed by atoms with E-state index in [1.165, 1.54) is 5.56 Å².